The average Bonchev–Trinajstić information content (AvgIpc) is 3.48. The summed E-state index contributed by atoms with van der Waals surface area (Å²) in [4.78, 5) is 6.12. The lowest BCUT2D eigenvalue weighted by atomic mass is 10.2. The lowest BCUT2D eigenvalue weighted by molar-refractivity contribution is 0.415. The molecule has 28 heavy (non-hydrogen) atoms. The van der Waals surface area contributed by atoms with Gasteiger partial charge in [-0.3, -0.25) is 0 Å². The van der Waals surface area contributed by atoms with Gasteiger partial charge in [0.05, 0.1) is 12.8 Å². The van der Waals surface area contributed by atoms with Gasteiger partial charge in [0, 0.05) is 28.1 Å². The van der Waals surface area contributed by atoms with Gasteiger partial charge in [-0.05, 0) is 30.0 Å². The Morgan fingerprint density at radius 1 is 1.14 bits per heavy atom. The quantitative estimate of drug-likeness (QED) is 0.334. The third-order valence-electron chi connectivity index (χ3n) is 3.85. The van der Waals surface area contributed by atoms with Crippen molar-refractivity contribution in [2.24, 2.45) is 0 Å². The van der Waals surface area contributed by atoms with Crippen LogP contribution in [0.4, 0.5) is 5.13 Å². The van der Waals surface area contributed by atoms with Crippen molar-refractivity contribution < 1.29 is 4.74 Å². The zero-order valence-electron chi connectivity index (χ0n) is 15.1. The molecular formula is C19H18N4OS4. The lowest BCUT2D eigenvalue weighted by Gasteiger charge is -2.01. The second-order valence-corrected chi connectivity index (χ2v) is 9.88. The van der Waals surface area contributed by atoms with Crippen LogP contribution in [0.15, 0.2) is 51.5 Å². The highest BCUT2D eigenvalue weighted by Crippen LogP contribution is 2.31. The van der Waals surface area contributed by atoms with Gasteiger partial charge in [0.1, 0.15) is 10.8 Å². The fourth-order valence-corrected chi connectivity index (χ4v) is 5.79. The smallest absolute Gasteiger partial charge is 0.206 e. The number of ether oxygens (including phenoxy) is 1. The van der Waals surface area contributed by atoms with Gasteiger partial charge in [0.25, 0.3) is 0 Å². The van der Waals surface area contributed by atoms with Crippen LogP contribution in [0.25, 0.3) is 10.6 Å². The maximum atomic E-state index is 5.29. The molecule has 0 saturated carbocycles. The largest absolute Gasteiger partial charge is 0.497 e. The summed E-state index contributed by atoms with van der Waals surface area (Å²) in [7, 11) is 1.68. The summed E-state index contributed by atoms with van der Waals surface area (Å²) in [5.74, 6) is 1.63. The molecule has 1 N–H and O–H groups in total. The van der Waals surface area contributed by atoms with E-state index in [0.29, 0.717) is 0 Å². The van der Waals surface area contributed by atoms with E-state index >= 15 is 0 Å². The van der Waals surface area contributed by atoms with Gasteiger partial charge in [0.15, 0.2) is 4.34 Å². The van der Waals surface area contributed by atoms with E-state index in [1.807, 2.05) is 18.2 Å². The maximum absolute atomic E-state index is 5.29. The Labute approximate surface area is 179 Å². The minimum atomic E-state index is 0.782. The molecule has 0 aliphatic carbocycles. The number of aromatic nitrogens is 3. The minimum Gasteiger partial charge on any atom is -0.497 e. The third-order valence-corrected chi connectivity index (χ3v) is 7.77. The number of thiazole rings is 1. The van der Waals surface area contributed by atoms with Crippen LogP contribution in [0.5, 0.6) is 5.75 Å². The molecule has 0 bridgehead atoms. The number of anilines is 1. The standard InChI is InChI=1S/C19H18N4OS4/c1-24-15-5-2-4-13(10-15)17-21-14(11-26-17)12-27-19-23-22-18(28-19)20-8-7-16-6-3-9-25-16/h2-6,9-11H,7-8,12H2,1H3,(H,20,22). The fraction of sp³-hybridized carbons (Fsp3) is 0.211. The first-order valence-electron chi connectivity index (χ1n) is 8.61. The van der Waals surface area contributed by atoms with Gasteiger partial charge in [-0.25, -0.2) is 4.98 Å². The zero-order valence-corrected chi connectivity index (χ0v) is 18.4. The number of methoxy groups -OCH3 is 1. The number of nitrogens with one attached hydrogen (secondary N) is 1. The first-order chi connectivity index (χ1) is 13.8. The summed E-state index contributed by atoms with van der Waals surface area (Å²) in [6, 6.07) is 12.2. The summed E-state index contributed by atoms with van der Waals surface area (Å²) in [6.07, 6.45) is 1.01. The summed E-state index contributed by atoms with van der Waals surface area (Å²) < 4.78 is 6.25. The topological polar surface area (TPSA) is 59.9 Å². The molecule has 0 radical (unpaired) electrons. The molecule has 0 saturated heterocycles. The van der Waals surface area contributed by atoms with Crippen LogP contribution in [0.3, 0.4) is 0 Å². The minimum absolute atomic E-state index is 0.782. The SMILES string of the molecule is COc1cccc(-c2nc(CSc3nnc(NCCc4cccs4)s3)cs2)c1. The predicted octanol–water partition coefficient (Wildman–Crippen LogP) is 5.68. The Balaban J connectivity index is 1.29. The third kappa shape index (κ3) is 5.11. The Hall–Kier alpha value is -1.94. The summed E-state index contributed by atoms with van der Waals surface area (Å²) in [6.45, 7) is 0.871. The fourth-order valence-electron chi connectivity index (χ4n) is 2.48. The van der Waals surface area contributed by atoms with Crippen molar-refractivity contribution in [3.8, 4) is 16.3 Å². The van der Waals surface area contributed by atoms with Gasteiger partial charge in [-0.15, -0.1) is 32.9 Å². The maximum Gasteiger partial charge on any atom is 0.206 e. The molecule has 0 atom stereocenters. The number of nitrogens with zero attached hydrogens (tertiary/aromatic N) is 3. The van der Waals surface area contributed by atoms with E-state index in [-0.39, 0.29) is 0 Å². The first kappa shape index (κ1) is 19.4. The van der Waals surface area contributed by atoms with Gasteiger partial charge >= 0.3 is 0 Å². The van der Waals surface area contributed by atoms with E-state index < -0.39 is 0 Å². The van der Waals surface area contributed by atoms with Gasteiger partial charge in [0.2, 0.25) is 5.13 Å². The van der Waals surface area contributed by atoms with Crippen LogP contribution in [0.1, 0.15) is 10.6 Å². The normalized spacial score (nSPS) is 10.9. The second-order valence-electron chi connectivity index (χ2n) is 5.79. The highest BCUT2D eigenvalue weighted by molar-refractivity contribution is 8.00. The molecule has 144 valence electrons. The van der Waals surface area contributed by atoms with E-state index in [4.69, 9.17) is 9.72 Å². The molecule has 3 aromatic heterocycles. The molecule has 0 fully saturated rings. The van der Waals surface area contributed by atoms with Gasteiger partial charge in [-0.2, -0.15) is 0 Å². The van der Waals surface area contributed by atoms with E-state index in [0.717, 1.165) is 50.2 Å². The number of benzene rings is 1. The molecule has 9 heteroatoms. The molecule has 4 rings (SSSR count). The zero-order chi connectivity index (χ0) is 19.2. The van der Waals surface area contributed by atoms with E-state index in [2.05, 4.69) is 44.5 Å². The van der Waals surface area contributed by atoms with Crippen molar-refractivity contribution >= 4 is 50.9 Å². The Morgan fingerprint density at radius 2 is 2.11 bits per heavy atom. The van der Waals surface area contributed by atoms with Crippen LogP contribution in [-0.2, 0) is 12.2 Å². The van der Waals surface area contributed by atoms with Crippen LogP contribution in [-0.4, -0.2) is 28.8 Å². The second kappa shape index (κ2) is 9.51. The highest BCUT2D eigenvalue weighted by atomic mass is 32.2. The summed E-state index contributed by atoms with van der Waals surface area (Å²) in [5, 5.41) is 17.9. The molecule has 0 aliphatic heterocycles. The number of thiophene rings is 1. The lowest BCUT2D eigenvalue weighted by Crippen LogP contribution is -2.03. The van der Waals surface area contributed by atoms with Gasteiger partial charge in [-0.1, -0.05) is 41.3 Å². The van der Waals surface area contributed by atoms with Crippen LogP contribution in [0.2, 0.25) is 0 Å². The van der Waals surface area contributed by atoms with E-state index in [1.165, 1.54) is 4.88 Å². The molecule has 1 aromatic carbocycles. The summed E-state index contributed by atoms with van der Waals surface area (Å²) in [5.41, 5.74) is 2.13. The molecule has 0 aliphatic rings. The van der Waals surface area contributed by atoms with Crippen molar-refractivity contribution in [3.05, 3.63) is 57.7 Å². The Bertz CT molecular complexity index is 1010. The average molecular weight is 447 g/mol. The highest BCUT2D eigenvalue weighted by Gasteiger charge is 2.09. The Kier molecular flexibility index (Phi) is 6.58. The van der Waals surface area contributed by atoms with Crippen molar-refractivity contribution in [1.29, 1.82) is 0 Å². The molecule has 0 spiro atoms. The molecule has 3 heterocycles. The molecule has 0 unspecified atom stereocenters. The Morgan fingerprint density at radius 3 is 2.96 bits per heavy atom. The monoisotopic (exact) mass is 446 g/mol. The predicted molar refractivity (Wildman–Crippen MR) is 120 cm³/mol. The number of hydrogen-bond donors (Lipinski definition) is 1. The van der Waals surface area contributed by atoms with Gasteiger partial charge < -0.3 is 10.1 Å². The van der Waals surface area contributed by atoms with Crippen molar-refractivity contribution in [2.75, 3.05) is 19.0 Å². The molecule has 0 amide bonds. The van der Waals surface area contributed by atoms with Crippen molar-refractivity contribution in [1.82, 2.24) is 15.2 Å². The van der Waals surface area contributed by atoms with E-state index in [1.54, 1.807) is 52.9 Å². The molecule has 5 nitrogen and oxygen atoms in total. The van der Waals surface area contributed by atoms with Crippen LogP contribution < -0.4 is 10.1 Å². The van der Waals surface area contributed by atoms with Crippen LogP contribution >= 0.6 is 45.8 Å². The number of thioether (sulfide) groups is 1. The number of hydrogen-bond acceptors (Lipinski definition) is 9. The molecule has 4 aromatic rings. The van der Waals surface area contributed by atoms with E-state index in [9.17, 15) is 0 Å². The van der Waals surface area contributed by atoms with Crippen LogP contribution in [0, 0.1) is 0 Å². The first-order valence-corrected chi connectivity index (χ1v) is 12.2. The molecular weight excluding hydrogens is 429 g/mol. The number of rotatable bonds is 9. The van der Waals surface area contributed by atoms with Crippen molar-refractivity contribution in [3.63, 3.8) is 0 Å². The summed E-state index contributed by atoms with van der Waals surface area (Å²) >= 11 is 6.69. The van der Waals surface area contributed by atoms with Crippen molar-refractivity contribution in [2.45, 2.75) is 16.5 Å².